The van der Waals surface area contributed by atoms with Crippen LogP contribution in [0.4, 0.5) is 5.13 Å². The standard InChI is InChI=1S/C17H20N2O2S/c1-5-21-16(20)14(15-9-22-17(18)19-15)8-13-11(3)6-10(2)7-12(13)4/h6-9H,5H2,1-4H3,(H2,18,19). The number of esters is 1. The average molecular weight is 316 g/mol. The van der Waals surface area contributed by atoms with Gasteiger partial charge in [0.15, 0.2) is 5.13 Å². The molecule has 0 saturated heterocycles. The van der Waals surface area contributed by atoms with Gasteiger partial charge in [0.25, 0.3) is 0 Å². The number of nitrogens with zero attached hydrogens (tertiary/aromatic N) is 1. The maximum Gasteiger partial charge on any atom is 0.340 e. The van der Waals surface area contributed by atoms with Crippen molar-refractivity contribution in [2.24, 2.45) is 0 Å². The predicted molar refractivity (Wildman–Crippen MR) is 91.7 cm³/mol. The number of thiazole rings is 1. The second kappa shape index (κ2) is 6.75. The second-order valence-electron chi connectivity index (χ2n) is 5.16. The highest BCUT2D eigenvalue weighted by Crippen LogP contribution is 2.26. The van der Waals surface area contributed by atoms with Gasteiger partial charge in [-0.1, -0.05) is 17.7 Å². The fourth-order valence-corrected chi connectivity index (χ4v) is 2.98. The smallest absolute Gasteiger partial charge is 0.340 e. The van der Waals surface area contributed by atoms with Crippen molar-refractivity contribution in [1.29, 1.82) is 0 Å². The third kappa shape index (κ3) is 3.54. The molecule has 2 N–H and O–H groups in total. The van der Waals surface area contributed by atoms with Crippen molar-refractivity contribution in [3.63, 3.8) is 0 Å². The topological polar surface area (TPSA) is 65.2 Å². The summed E-state index contributed by atoms with van der Waals surface area (Å²) in [6.45, 7) is 8.23. The highest BCUT2D eigenvalue weighted by molar-refractivity contribution is 7.13. The Hall–Kier alpha value is -2.14. The Kier molecular flexibility index (Phi) is 4.98. The molecule has 22 heavy (non-hydrogen) atoms. The Labute approximate surface area is 134 Å². The Morgan fingerprint density at radius 3 is 2.45 bits per heavy atom. The number of benzene rings is 1. The molecular weight excluding hydrogens is 296 g/mol. The molecule has 0 aliphatic carbocycles. The normalized spacial score (nSPS) is 11.5. The van der Waals surface area contributed by atoms with Gasteiger partial charge in [0.1, 0.15) is 0 Å². The molecule has 1 aromatic carbocycles. The van der Waals surface area contributed by atoms with Crippen molar-refractivity contribution >= 4 is 34.1 Å². The van der Waals surface area contributed by atoms with Crippen LogP contribution >= 0.6 is 11.3 Å². The average Bonchev–Trinajstić information content (AvgIpc) is 2.84. The molecule has 4 nitrogen and oxygen atoms in total. The monoisotopic (exact) mass is 316 g/mol. The van der Waals surface area contributed by atoms with E-state index < -0.39 is 0 Å². The number of rotatable bonds is 4. The third-order valence-electron chi connectivity index (χ3n) is 3.32. The number of aryl methyl sites for hydroxylation is 3. The van der Waals surface area contributed by atoms with Crippen LogP contribution < -0.4 is 5.73 Å². The first-order valence-electron chi connectivity index (χ1n) is 7.10. The van der Waals surface area contributed by atoms with Gasteiger partial charge in [-0.3, -0.25) is 0 Å². The summed E-state index contributed by atoms with van der Waals surface area (Å²) in [6.07, 6.45) is 1.84. The first-order chi connectivity index (χ1) is 10.4. The minimum Gasteiger partial charge on any atom is -0.462 e. The van der Waals surface area contributed by atoms with E-state index in [1.807, 2.05) is 19.9 Å². The summed E-state index contributed by atoms with van der Waals surface area (Å²) in [5.74, 6) is -0.382. The SMILES string of the molecule is CCOC(=O)C(=Cc1c(C)cc(C)cc1C)c1csc(N)n1. The van der Waals surface area contributed by atoms with Gasteiger partial charge in [-0.05, 0) is 50.5 Å². The van der Waals surface area contributed by atoms with Crippen molar-refractivity contribution in [2.75, 3.05) is 12.3 Å². The molecule has 1 heterocycles. The number of hydrogen-bond donors (Lipinski definition) is 1. The number of carbonyl (C=O) groups excluding carboxylic acids is 1. The first-order valence-corrected chi connectivity index (χ1v) is 7.98. The third-order valence-corrected chi connectivity index (χ3v) is 3.99. The molecule has 0 fully saturated rings. The van der Waals surface area contributed by atoms with Gasteiger partial charge in [-0.15, -0.1) is 11.3 Å². The zero-order valence-corrected chi connectivity index (χ0v) is 14.1. The Balaban J connectivity index is 2.56. The molecule has 0 unspecified atom stereocenters. The summed E-state index contributed by atoms with van der Waals surface area (Å²) in [4.78, 5) is 16.5. The Morgan fingerprint density at radius 1 is 1.32 bits per heavy atom. The molecule has 0 radical (unpaired) electrons. The minimum absolute atomic E-state index is 0.321. The lowest BCUT2D eigenvalue weighted by atomic mass is 9.97. The van der Waals surface area contributed by atoms with Gasteiger partial charge < -0.3 is 10.5 Å². The Bertz CT molecular complexity index is 709. The zero-order chi connectivity index (χ0) is 16.3. The fourth-order valence-electron chi connectivity index (χ4n) is 2.42. The molecule has 0 saturated carbocycles. The van der Waals surface area contributed by atoms with E-state index >= 15 is 0 Å². The maximum absolute atomic E-state index is 12.3. The molecule has 5 heteroatoms. The van der Waals surface area contributed by atoms with Crippen LogP contribution in [0.15, 0.2) is 17.5 Å². The van der Waals surface area contributed by atoms with Gasteiger partial charge in [-0.2, -0.15) is 0 Å². The largest absolute Gasteiger partial charge is 0.462 e. The number of hydrogen-bond acceptors (Lipinski definition) is 5. The van der Waals surface area contributed by atoms with E-state index in [4.69, 9.17) is 10.5 Å². The van der Waals surface area contributed by atoms with E-state index in [1.165, 1.54) is 16.9 Å². The van der Waals surface area contributed by atoms with Crippen LogP contribution in [0.25, 0.3) is 11.6 Å². The molecule has 116 valence electrons. The lowest BCUT2D eigenvalue weighted by molar-refractivity contribution is -0.136. The summed E-state index contributed by atoms with van der Waals surface area (Å²) in [7, 11) is 0. The van der Waals surface area contributed by atoms with Gasteiger partial charge >= 0.3 is 5.97 Å². The summed E-state index contributed by atoms with van der Waals surface area (Å²) in [5, 5.41) is 2.21. The lowest BCUT2D eigenvalue weighted by Gasteiger charge is -2.10. The van der Waals surface area contributed by atoms with Gasteiger partial charge in [-0.25, -0.2) is 9.78 Å². The highest BCUT2D eigenvalue weighted by atomic mass is 32.1. The number of nitrogens with two attached hydrogens (primary N) is 1. The quantitative estimate of drug-likeness (QED) is 0.689. The molecule has 0 amide bonds. The van der Waals surface area contributed by atoms with E-state index in [-0.39, 0.29) is 5.97 Å². The lowest BCUT2D eigenvalue weighted by Crippen LogP contribution is -2.07. The summed E-state index contributed by atoms with van der Waals surface area (Å²) < 4.78 is 5.16. The second-order valence-corrected chi connectivity index (χ2v) is 6.05. The number of aromatic nitrogens is 1. The molecule has 0 bridgehead atoms. The molecule has 2 aromatic rings. The zero-order valence-electron chi connectivity index (χ0n) is 13.3. The van der Waals surface area contributed by atoms with Crippen LogP contribution in [-0.4, -0.2) is 17.6 Å². The van der Waals surface area contributed by atoms with Crippen LogP contribution in [0.2, 0.25) is 0 Å². The minimum atomic E-state index is -0.382. The first kappa shape index (κ1) is 16.2. The number of carbonyl (C=O) groups is 1. The van der Waals surface area contributed by atoms with Crippen molar-refractivity contribution in [3.8, 4) is 0 Å². The summed E-state index contributed by atoms with van der Waals surface area (Å²) >= 11 is 1.31. The molecule has 2 rings (SSSR count). The van der Waals surface area contributed by atoms with Gasteiger partial charge in [0, 0.05) is 5.38 Å². The predicted octanol–water partition coefficient (Wildman–Crippen LogP) is 3.75. The maximum atomic E-state index is 12.3. The molecule has 0 spiro atoms. The molecule has 1 aromatic heterocycles. The van der Waals surface area contributed by atoms with Crippen LogP contribution in [0, 0.1) is 20.8 Å². The van der Waals surface area contributed by atoms with E-state index in [9.17, 15) is 4.79 Å². The highest BCUT2D eigenvalue weighted by Gasteiger charge is 2.17. The van der Waals surface area contributed by atoms with E-state index in [2.05, 4.69) is 24.0 Å². The van der Waals surface area contributed by atoms with E-state index in [0.29, 0.717) is 23.0 Å². The Morgan fingerprint density at radius 2 is 1.95 bits per heavy atom. The van der Waals surface area contributed by atoms with Crippen LogP contribution in [0.3, 0.4) is 0 Å². The number of anilines is 1. The van der Waals surface area contributed by atoms with Crippen molar-refractivity contribution in [3.05, 3.63) is 45.5 Å². The number of nitrogen functional groups attached to an aromatic ring is 1. The van der Waals surface area contributed by atoms with Crippen LogP contribution in [0.1, 0.15) is 34.9 Å². The number of ether oxygens (including phenoxy) is 1. The molecule has 0 atom stereocenters. The molecular formula is C17H20N2O2S. The van der Waals surface area contributed by atoms with Crippen LogP contribution in [-0.2, 0) is 9.53 Å². The fraction of sp³-hybridized carbons (Fsp3) is 0.294. The van der Waals surface area contributed by atoms with Gasteiger partial charge in [0.05, 0.1) is 17.9 Å². The van der Waals surface area contributed by atoms with Crippen molar-refractivity contribution in [1.82, 2.24) is 4.98 Å². The summed E-state index contributed by atoms with van der Waals surface area (Å²) in [6, 6.07) is 4.19. The van der Waals surface area contributed by atoms with Crippen molar-refractivity contribution < 1.29 is 9.53 Å². The van der Waals surface area contributed by atoms with Crippen molar-refractivity contribution in [2.45, 2.75) is 27.7 Å². The van der Waals surface area contributed by atoms with E-state index in [1.54, 1.807) is 12.3 Å². The van der Waals surface area contributed by atoms with Gasteiger partial charge in [0.2, 0.25) is 0 Å². The molecule has 0 aliphatic rings. The van der Waals surface area contributed by atoms with Crippen LogP contribution in [0.5, 0.6) is 0 Å². The van der Waals surface area contributed by atoms with E-state index in [0.717, 1.165) is 16.7 Å². The molecule has 0 aliphatic heterocycles. The summed E-state index contributed by atoms with van der Waals surface area (Å²) in [5.41, 5.74) is 11.1.